The van der Waals surface area contributed by atoms with Gasteiger partial charge in [-0.05, 0) is 55.0 Å². The molecule has 0 unspecified atom stereocenters. The molecule has 0 aliphatic carbocycles. The Morgan fingerprint density at radius 3 is 2.63 bits per heavy atom. The second kappa shape index (κ2) is 9.22. The lowest BCUT2D eigenvalue weighted by Gasteiger charge is -2.13. The highest BCUT2D eigenvalue weighted by Crippen LogP contribution is 2.32. The van der Waals surface area contributed by atoms with Crippen molar-refractivity contribution in [2.75, 3.05) is 13.4 Å². The summed E-state index contributed by atoms with van der Waals surface area (Å²) in [6.45, 7) is 3.38. The number of carbonyl (C=O) groups is 1. The van der Waals surface area contributed by atoms with Crippen LogP contribution in [0.15, 0.2) is 66.7 Å². The molecule has 30 heavy (non-hydrogen) atoms. The predicted molar refractivity (Wildman–Crippen MR) is 112 cm³/mol. The van der Waals surface area contributed by atoms with Crippen molar-refractivity contribution < 1.29 is 23.7 Å². The van der Waals surface area contributed by atoms with Crippen molar-refractivity contribution in [3.05, 3.63) is 83.4 Å². The van der Waals surface area contributed by atoms with Gasteiger partial charge in [0.15, 0.2) is 11.5 Å². The van der Waals surface area contributed by atoms with Crippen LogP contribution in [0.25, 0.3) is 0 Å². The van der Waals surface area contributed by atoms with Gasteiger partial charge in [-0.25, -0.2) is 0 Å². The summed E-state index contributed by atoms with van der Waals surface area (Å²) < 4.78 is 22.2. The summed E-state index contributed by atoms with van der Waals surface area (Å²) in [5, 5.41) is 2.94. The minimum absolute atomic E-state index is 0.170. The topological polar surface area (TPSA) is 66.0 Å². The van der Waals surface area contributed by atoms with Crippen LogP contribution in [0.2, 0.25) is 0 Å². The Labute approximate surface area is 175 Å². The van der Waals surface area contributed by atoms with E-state index in [0.717, 1.165) is 22.6 Å². The van der Waals surface area contributed by atoms with Gasteiger partial charge in [-0.15, -0.1) is 0 Å². The van der Waals surface area contributed by atoms with E-state index in [2.05, 4.69) is 5.32 Å². The second-order valence-electron chi connectivity index (χ2n) is 6.73. The lowest BCUT2D eigenvalue weighted by molar-refractivity contribution is 0.0950. The van der Waals surface area contributed by atoms with Crippen LogP contribution in [0.4, 0.5) is 0 Å². The Bertz CT molecular complexity index is 1020. The van der Waals surface area contributed by atoms with Gasteiger partial charge in [-0.3, -0.25) is 4.79 Å². The van der Waals surface area contributed by atoms with Gasteiger partial charge in [0, 0.05) is 17.7 Å². The molecule has 4 rings (SSSR count). The molecule has 0 spiro atoms. The second-order valence-corrected chi connectivity index (χ2v) is 6.73. The van der Waals surface area contributed by atoms with Crippen LogP contribution >= 0.6 is 0 Å². The average molecular weight is 405 g/mol. The predicted octanol–water partition coefficient (Wildman–Crippen LogP) is 4.32. The maximum absolute atomic E-state index is 12.7. The molecule has 0 bridgehead atoms. The largest absolute Gasteiger partial charge is 0.493 e. The Kier molecular flexibility index (Phi) is 6.03. The SMILES string of the molecule is CCOc1ccc(C(=O)NCc2ccc3c(c2)OCO3)cc1COc1ccccc1. The third-order valence-corrected chi connectivity index (χ3v) is 4.65. The minimum Gasteiger partial charge on any atom is -0.493 e. The molecule has 0 saturated carbocycles. The molecular weight excluding hydrogens is 382 g/mol. The molecule has 1 aliphatic rings. The van der Waals surface area contributed by atoms with Gasteiger partial charge in [0.2, 0.25) is 6.79 Å². The Balaban J connectivity index is 1.44. The Morgan fingerprint density at radius 1 is 0.967 bits per heavy atom. The summed E-state index contributed by atoms with van der Waals surface area (Å²) in [6, 6.07) is 20.5. The van der Waals surface area contributed by atoms with Crippen LogP contribution < -0.4 is 24.3 Å². The van der Waals surface area contributed by atoms with Crippen molar-refractivity contribution in [2.24, 2.45) is 0 Å². The summed E-state index contributed by atoms with van der Waals surface area (Å²) in [6.07, 6.45) is 0. The van der Waals surface area contributed by atoms with E-state index in [4.69, 9.17) is 18.9 Å². The fraction of sp³-hybridized carbons (Fsp3) is 0.208. The molecule has 1 aliphatic heterocycles. The summed E-state index contributed by atoms with van der Waals surface area (Å²) >= 11 is 0. The van der Waals surface area contributed by atoms with Crippen LogP contribution in [-0.2, 0) is 13.2 Å². The number of fused-ring (bicyclic) bond motifs is 1. The number of carbonyl (C=O) groups excluding carboxylic acids is 1. The van der Waals surface area contributed by atoms with Crippen molar-refractivity contribution in [3.8, 4) is 23.0 Å². The molecule has 0 atom stereocenters. The van der Waals surface area contributed by atoms with Gasteiger partial charge in [-0.1, -0.05) is 24.3 Å². The average Bonchev–Trinajstić information content (AvgIpc) is 3.25. The quantitative estimate of drug-likeness (QED) is 0.605. The first-order chi connectivity index (χ1) is 14.7. The Hall–Kier alpha value is -3.67. The minimum atomic E-state index is -0.170. The zero-order chi connectivity index (χ0) is 20.8. The van der Waals surface area contributed by atoms with Crippen LogP contribution in [-0.4, -0.2) is 19.3 Å². The molecule has 0 fully saturated rings. The number of para-hydroxylation sites is 1. The monoisotopic (exact) mass is 405 g/mol. The van der Waals surface area contributed by atoms with Crippen molar-refractivity contribution in [2.45, 2.75) is 20.1 Å². The first-order valence-electron chi connectivity index (χ1n) is 9.83. The standard InChI is InChI=1S/C24H23NO5/c1-2-27-21-11-9-18(13-19(21)15-28-20-6-4-3-5-7-20)24(26)25-14-17-8-10-22-23(12-17)30-16-29-22/h3-13H,2,14-16H2,1H3,(H,25,26). The molecule has 0 radical (unpaired) electrons. The van der Waals surface area contributed by atoms with Gasteiger partial charge in [-0.2, -0.15) is 0 Å². The molecule has 6 heteroatoms. The van der Waals surface area contributed by atoms with E-state index in [1.54, 1.807) is 6.07 Å². The van der Waals surface area contributed by atoms with Crippen molar-refractivity contribution in [1.82, 2.24) is 5.32 Å². The van der Waals surface area contributed by atoms with Gasteiger partial charge < -0.3 is 24.3 Å². The molecule has 6 nitrogen and oxygen atoms in total. The fourth-order valence-corrected chi connectivity index (χ4v) is 3.14. The van der Waals surface area contributed by atoms with Crippen molar-refractivity contribution in [1.29, 1.82) is 0 Å². The third kappa shape index (κ3) is 4.66. The van der Waals surface area contributed by atoms with E-state index < -0.39 is 0 Å². The lowest BCUT2D eigenvalue weighted by atomic mass is 10.1. The van der Waals surface area contributed by atoms with E-state index in [9.17, 15) is 4.79 Å². The van der Waals surface area contributed by atoms with Crippen LogP contribution in [0.1, 0.15) is 28.4 Å². The normalized spacial score (nSPS) is 11.8. The number of hydrogen-bond donors (Lipinski definition) is 1. The molecular formula is C24H23NO5. The molecule has 3 aromatic rings. The van der Waals surface area contributed by atoms with E-state index in [-0.39, 0.29) is 12.7 Å². The highest BCUT2D eigenvalue weighted by atomic mass is 16.7. The number of hydrogen-bond acceptors (Lipinski definition) is 5. The zero-order valence-electron chi connectivity index (χ0n) is 16.7. The molecule has 0 aromatic heterocycles. The molecule has 1 heterocycles. The maximum Gasteiger partial charge on any atom is 0.251 e. The zero-order valence-corrected chi connectivity index (χ0v) is 16.7. The summed E-state index contributed by atoms with van der Waals surface area (Å²) in [4.78, 5) is 12.7. The van der Waals surface area contributed by atoms with Crippen LogP contribution in [0.3, 0.4) is 0 Å². The van der Waals surface area contributed by atoms with Gasteiger partial charge in [0.05, 0.1) is 6.61 Å². The third-order valence-electron chi connectivity index (χ3n) is 4.65. The fourth-order valence-electron chi connectivity index (χ4n) is 3.14. The molecule has 1 N–H and O–H groups in total. The van der Waals surface area contributed by atoms with Gasteiger partial charge in [0.25, 0.3) is 5.91 Å². The van der Waals surface area contributed by atoms with Gasteiger partial charge >= 0.3 is 0 Å². The number of ether oxygens (including phenoxy) is 4. The first-order valence-corrected chi connectivity index (χ1v) is 9.83. The highest BCUT2D eigenvalue weighted by molar-refractivity contribution is 5.94. The number of amides is 1. The number of benzene rings is 3. The smallest absolute Gasteiger partial charge is 0.251 e. The number of rotatable bonds is 8. The summed E-state index contributed by atoms with van der Waals surface area (Å²) in [5.41, 5.74) is 2.30. The molecule has 0 saturated heterocycles. The van der Waals surface area contributed by atoms with E-state index in [1.807, 2.05) is 67.6 Å². The highest BCUT2D eigenvalue weighted by Gasteiger charge is 2.15. The van der Waals surface area contributed by atoms with Crippen molar-refractivity contribution in [3.63, 3.8) is 0 Å². The Morgan fingerprint density at radius 2 is 1.80 bits per heavy atom. The summed E-state index contributed by atoms with van der Waals surface area (Å²) in [7, 11) is 0. The van der Waals surface area contributed by atoms with Crippen LogP contribution in [0.5, 0.6) is 23.0 Å². The van der Waals surface area contributed by atoms with Gasteiger partial charge in [0.1, 0.15) is 18.1 Å². The van der Waals surface area contributed by atoms with Crippen LogP contribution in [0, 0.1) is 0 Å². The maximum atomic E-state index is 12.7. The van der Waals surface area contributed by atoms with E-state index >= 15 is 0 Å². The number of nitrogens with one attached hydrogen (secondary N) is 1. The van der Waals surface area contributed by atoms with Crippen molar-refractivity contribution >= 4 is 5.91 Å². The summed E-state index contributed by atoms with van der Waals surface area (Å²) in [5.74, 6) is 2.72. The molecule has 1 amide bonds. The van der Waals surface area contributed by atoms with E-state index in [0.29, 0.717) is 36.8 Å². The lowest BCUT2D eigenvalue weighted by Crippen LogP contribution is -2.23. The molecule has 3 aromatic carbocycles. The first kappa shape index (κ1) is 19.6. The molecule has 154 valence electrons. The van der Waals surface area contributed by atoms with E-state index in [1.165, 1.54) is 0 Å².